The fourth-order valence-electron chi connectivity index (χ4n) is 3.06. The Bertz CT molecular complexity index is 428. The van der Waals surface area contributed by atoms with Gasteiger partial charge in [-0.2, -0.15) is 0 Å². The van der Waals surface area contributed by atoms with Crippen LogP contribution in [-0.4, -0.2) is 30.8 Å². The van der Waals surface area contributed by atoms with Crippen molar-refractivity contribution in [1.82, 2.24) is 0 Å². The van der Waals surface area contributed by atoms with Crippen LogP contribution in [0.3, 0.4) is 0 Å². The second-order valence-electron chi connectivity index (χ2n) is 5.44. The fourth-order valence-corrected chi connectivity index (χ4v) is 3.06. The number of hydroxylamine groups is 3. The predicted molar refractivity (Wildman–Crippen MR) is 65.2 cm³/mol. The molecule has 0 amide bonds. The van der Waals surface area contributed by atoms with E-state index in [0.29, 0.717) is 18.5 Å². The van der Waals surface area contributed by atoms with Crippen LogP contribution in [0.15, 0.2) is 18.2 Å². The maximum Gasteiger partial charge on any atom is 0.0872 e. The van der Waals surface area contributed by atoms with Gasteiger partial charge in [0.2, 0.25) is 0 Å². The first kappa shape index (κ1) is 10.1. The highest BCUT2D eigenvalue weighted by atomic mass is 16.5. The van der Waals surface area contributed by atoms with Crippen molar-refractivity contribution in [2.24, 2.45) is 0 Å². The number of hydrogen-bond acceptors (Lipinski definition) is 2. The molecule has 3 nitrogen and oxygen atoms in total. The molecule has 16 heavy (non-hydrogen) atoms. The lowest BCUT2D eigenvalue weighted by atomic mass is 9.89. The molecule has 0 aliphatic carbocycles. The van der Waals surface area contributed by atoms with Crippen molar-refractivity contribution in [1.29, 1.82) is 0 Å². The summed E-state index contributed by atoms with van der Waals surface area (Å²) in [6.07, 6.45) is 0.985. The zero-order valence-electron chi connectivity index (χ0n) is 9.86. The van der Waals surface area contributed by atoms with E-state index in [-0.39, 0.29) is 4.65 Å². The summed E-state index contributed by atoms with van der Waals surface area (Å²) >= 11 is 0. The average molecular weight is 218 g/mol. The number of aryl methyl sites for hydroxylation is 1. The number of likely N-dealkylation sites (N-methyl/N-ethyl adjacent to an activating group) is 1. The minimum Gasteiger partial charge on any atom is -0.633 e. The molecule has 0 saturated carbocycles. The lowest BCUT2D eigenvalue weighted by Crippen LogP contribution is -2.50. The number of rotatable bonds is 0. The Labute approximate surface area is 96.2 Å². The van der Waals surface area contributed by atoms with E-state index in [4.69, 9.17) is 0 Å². The summed E-state index contributed by atoms with van der Waals surface area (Å²) in [6.45, 7) is 3.57. The largest absolute Gasteiger partial charge is 0.633 e. The van der Waals surface area contributed by atoms with Crippen LogP contribution in [0.1, 0.15) is 23.5 Å². The molecule has 3 rings (SSSR count). The normalized spacial score (nSPS) is 36.4. The predicted octanol–water partition coefficient (Wildman–Crippen LogP) is 2.22. The summed E-state index contributed by atoms with van der Waals surface area (Å²) in [7, 11) is 1.80. The summed E-state index contributed by atoms with van der Waals surface area (Å²) in [6, 6.07) is 7.00. The Kier molecular flexibility index (Phi) is 2.03. The maximum absolute atomic E-state index is 12.1. The van der Waals surface area contributed by atoms with Gasteiger partial charge in [-0.3, -0.25) is 0 Å². The summed E-state index contributed by atoms with van der Waals surface area (Å²) in [5.74, 6) is 0.408. The van der Waals surface area contributed by atoms with E-state index >= 15 is 0 Å². The minimum absolute atomic E-state index is 0.0871. The van der Waals surface area contributed by atoms with Gasteiger partial charge < -0.3 is 15.2 Å². The molecule has 0 radical (unpaired) electrons. The molecule has 2 aliphatic rings. The van der Waals surface area contributed by atoms with Gasteiger partial charge in [-0.05, 0) is 18.6 Å². The number of piperidine rings is 1. The third kappa shape index (κ3) is 1.51. The van der Waals surface area contributed by atoms with Gasteiger partial charge in [0, 0.05) is 18.2 Å². The standard InChI is InChI=1S/C13H18N2O/c1-9-3-4-12-10(7-9)11-8-15(2,16)6-5-13(11)14-12/h3-4,7,11,13-14H,5-6,8H2,1-2H3. The first-order valence-electron chi connectivity index (χ1n) is 5.98. The van der Waals surface area contributed by atoms with Gasteiger partial charge in [0.1, 0.15) is 0 Å². The van der Waals surface area contributed by atoms with Gasteiger partial charge in [-0.25, -0.2) is 0 Å². The molecule has 3 unspecified atom stereocenters. The Balaban J connectivity index is 1.98. The molecule has 1 saturated heterocycles. The Hall–Kier alpha value is -1.06. The maximum atomic E-state index is 12.1. The lowest BCUT2D eigenvalue weighted by Gasteiger charge is -2.46. The van der Waals surface area contributed by atoms with Crippen LogP contribution in [0.5, 0.6) is 0 Å². The van der Waals surface area contributed by atoms with Crippen LogP contribution >= 0.6 is 0 Å². The Morgan fingerprint density at radius 2 is 2.25 bits per heavy atom. The van der Waals surface area contributed by atoms with Gasteiger partial charge in [-0.15, -0.1) is 0 Å². The fraction of sp³-hybridized carbons (Fsp3) is 0.538. The molecule has 3 heteroatoms. The first-order valence-corrected chi connectivity index (χ1v) is 5.98. The number of fused-ring (bicyclic) bond motifs is 3. The van der Waals surface area contributed by atoms with Crippen LogP contribution in [-0.2, 0) is 0 Å². The smallest absolute Gasteiger partial charge is 0.0872 e. The number of quaternary nitrogens is 1. The van der Waals surface area contributed by atoms with Gasteiger partial charge in [0.25, 0.3) is 0 Å². The highest BCUT2D eigenvalue weighted by molar-refractivity contribution is 5.60. The van der Waals surface area contributed by atoms with Gasteiger partial charge in [0.05, 0.1) is 26.1 Å². The molecule has 3 atom stereocenters. The zero-order chi connectivity index (χ0) is 11.3. The Morgan fingerprint density at radius 3 is 3.06 bits per heavy atom. The highest BCUT2D eigenvalue weighted by Crippen LogP contribution is 2.41. The molecule has 1 N–H and O–H groups in total. The quantitative estimate of drug-likeness (QED) is 0.535. The Morgan fingerprint density at radius 1 is 1.44 bits per heavy atom. The molecule has 1 aromatic rings. The number of likely N-dealkylation sites (tertiary alicyclic amines) is 1. The number of benzene rings is 1. The molecule has 1 fully saturated rings. The van der Waals surface area contributed by atoms with Crippen LogP contribution in [0.25, 0.3) is 0 Å². The summed E-state index contributed by atoms with van der Waals surface area (Å²) in [5.41, 5.74) is 3.87. The van der Waals surface area contributed by atoms with Crippen molar-refractivity contribution in [3.05, 3.63) is 34.5 Å². The summed E-state index contributed by atoms with van der Waals surface area (Å²) in [5, 5.41) is 15.6. The van der Waals surface area contributed by atoms with Gasteiger partial charge >= 0.3 is 0 Å². The van der Waals surface area contributed by atoms with Crippen molar-refractivity contribution < 1.29 is 4.65 Å². The molecule has 2 heterocycles. The number of nitrogens with zero attached hydrogens (tertiary/aromatic N) is 1. The molecule has 1 aromatic carbocycles. The molecule has 0 aromatic heterocycles. The van der Waals surface area contributed by atoms with E-state index in [2.05, 4.69) is 30.4 Å². The lowest BCUT2D eigenvalue weighted by molar-refractivity contribution is -0.867. The van der Waals surface area contributed by atoms with Crippen molar-refractivity contribution in [3.63, 3.8) is 0 Å². The first-order chi connectivity index (χ1) is 7.55. The van der Waals surface area contributed by atoms with E-state index in [0.717, 1.165) is 13.0 Å². The molecule has 2 aliphatic heterocycles. The molecule has 0 spiro atoms. The monoisotopic (exact) mass is 218 g/mol. The van der Waals surface area contributed by atoms with Gasteiger partial charge in [-0.1, -0.05) is 17.7 Å². The van der Waals surface area contributed by atoms with E-state index in [1.54, 1.807) is 7.05 Å². The second-order valence-corrected chi connectivity index (χ2v) is 5.44. The highest BCUT2D eigenvalue weighted by Gasteiger charge is 2.39. The molecular formula is C13H18N2O. The molecule has 0 bridgehead atoms. The number of nitrogens with one attached hydrogen (secondary N) is 1. The van der Waals surface area contributed by atoms with Crippen LogP contribution in [0, 0.1) is 12.1 Å². The van der Waals surface area contributed by atoms with E-state index in [1.165, 1.54) is 16.8 Å². The van der Waals surface area contributed by atoms with Crippen molar-refractivity contribution >= 4 is 5.69 Å². The van der Waals surface area contributed by atoms with Crippen molar-refractivity contribution in [3.8, 4) is 0 Å². The van der Waals surface area contributed by atoms with Crippen LogP contribution in [0.2, 0.25) is 0 Å². The molecular weight excluding hydrogens is 200 g/mol. The van der Waals surface area contributed by atoms with E-state index in [9.17, 15) is 5.21 Å². The summed E-state index contributed by atoms with van der Waals surface area (Å²) in [4.78, 5) is 0. The minimum atomic E-state index is -0.0871. The summed E-state index contributed by atoms with van der Waals surface area (Å²) < 4.78 is -0.0871. The third-order valence-electron chi connectivity index (χ3n) is 3.93. The third-order valence-corrected chi connectivity index (χ3v) is 3.93. The number of hydrogen-bond donors (Lipinski definition) is 1. The van der Waals surface area contributed by atoms with E-state index < -0.39 is 0 Å². The van der Waals surface area contributed by atoms with E-state index in [1.807, 2.05) is 0 Å². The zero-order valence-corrected chi connectivity index (χ0v) is 9.86. The van der Waals surface area contributed by atoms with Crippen LogP contribution in [0.4, 0.5) is 5.69 Å². The topological polar surface area (TPSA) is 35.1 Å². The van der Waals surface area contributed by atoms with Crippen LogP contribution < -0.4 is 5.32 Å². The van der Waals surface area contributed by atoms with Gasteiger partial charge in [0.15, 0.2) is 0 Å². The van der Waals surface area contributed by atoms with Crippen molar-refractivity contribution in [2.75, 3.05) is 25.5 Å². The average Bonchev–Trinajstić information content (AvgIpc) is 2.55. The molecule has 86 valence electrons. The SMILES string of the molecule is Cc1ccc2c(c1)C1C[N+](C)([O-])CCC1N2. The second kappa shape index (κ2) is 3.22. The van der Waals surface area contributed by atoms with Crippen molar-refractivity contribution in [2.45, 2.75) is 25.3 Å². The number of anilines is 1.